The molecule has 6 heteroatoms. The van der Waals surface area contributed by atoms with Gasteiger partial charge in [0, 0.05) is 10.9 Å². The van der Waals surface area contributed by atoms with E-state index < -0.39 is 0 Å². The maximum atomic E-state index is 12.0. The summed E-state index contributed by atoms with van der Waals surface area (Å²) < 4.78 is 5.16. The molecule has 5 nitrogen and oxygen atoms in total. The van der Waals surface area contributed by atoms with Gasteiger partial charge in [0.1, 0.15) is 5.75 Å². The Kier molecular flexibility index (Phi) is 6.07. The highest BCUT2D eigenvalue weighted by atomic mass is 35.5. The van der Waals surface area contributed by atoms with Gasteiger partial charge in [-0.1, -0.05) is 30.9 Å². The Bertz CT molecular complexity index is 542. The third kappa shape index (κ3) is 4.63. The molecule has 0 spiro atoms. The van der Waals surface area contributed by atoms with Gasteiger partial charge in [-0.3, -0.25) is 9.59 Å². The molecule has 1 fully saturated rings. The average Bonchev–Trinajstić information content (AvgIpc) is 2.53. The van der Waals surface area contributed by atoms with Gasteiger partial charge in [0.25, 0.3) is 0 Å². The highest BCUT2D eigenvalue weighted by molar-refractivity contribution is 6.31. The van der Waals surface area contributed by atoms with E-state index in [-0.39, 0.29) is 24.3 Å². The zero-order valence-corrected chi connectivity index (χ0v) is 13.4. The molecule has 0 saturated heterocycles. The van der Waals surface area contributed by atoms with Crippen molar-refractivity contribution in [3.05, 3.63) is 23.2 Å². The molecule has 0 aromatic heterocycles. The standard InChI is InChI=1S/C16H21ClN2O3/c1-22-14-8-7-12(17)9-13(14)19-15(20)10-18-16(21)11-5-3-2-4-6-11/h7-9,11H,2-6,10H2,1H3,(H,18,21)(H,19,20). The normalized spacial score (nSPS) is 15.2. The van der Waals surface area contributed by atoms with Crippen molar-refractivity contribution >= 4 is 29.1 Å². The van der Waals surface area contributed by atoms with Gasteiger partial charge >= 0.3 is 0 Å². The lowest BCUT2D eigenvalue weighted by Gasteiger charge is -2.20. The molecule has 1 aliphatic rings. The maximum absolute atomic E-state index is 12.0. The number of anilines is 1. The maximum Gasteiger partial charge on any atom is 0.243 e. The molecule has 0 radical (unpaired) electrons. The molecule has 120 valence electrons. The summed E-state index contributed by atoms with van der Waals surface area (Å²) in [5.41, 5.74) is 0.493. The summed E-state index contributed by atoms with van der Waals surface area (Å²) in [6.07, 6.45) is 5.19. The van der Waals surface area contributed by atoms with E-state index in [0.29, 0.717) is 16.5 Å². The Balaban J connectivity index is 1.85. The Morgan fingerprint density at radius 2 is 2.00 bits per heavy atom. The third-order valence-electron chi connectivity index (χ3n) is 3.83. The molecule has 0 atom stereocenters. The van der Waals surface area contributed by atoms with E-state index in [1.165, 1.54) is 13.5 Å². The highest BCUT2D eigenvalue weighted by Gasteiger charge is 2.21. The molecule has 2 N–H and O–H groups in total. The SMILES string of the molecule is COc1ccc(Cl)cc1NC(=O)CNC(=O)C1CCCCC1. The average molecular weight is 325 g/mol. The first kappa shape index (κ1) is 16.6. The van der Waals surface area contributed by atoms with Gasteiger partial charge < -0.3 is 15.4 Å². The van der Waals surface area contributed by atoms with Crippen LogP contribution in [0.15, 0.2) is 18.2 Å². The summed E-state index contributed by atoms with van der Waals surface area (Å²) in [4.78, 5) is 23.9. The highest BCUT2D eigenvalue weighted by Crippen LogP contribution is 2.27. The lowest BCUT2D eigenvalue weighted by molar-refractivity contribution is -0.128. The fourth-order valence-corrected chi connectivity index (χ4v) is 2.82. The number of rotatable bonds is 5. The first-order valence-electron chi connectivity index (χ1n) is 7.51. The lowest BCUT2D eigenvalue weighted by Crippen LogP contribution is -2.37. The van der Waals surface area contributed by atoms with Crippen LogP contribution in [0.3, 0.4) is 0 Å². The zero-order valence-electron chi connectivity index (χ0n) is 12.7. The second kappa shape index (κ2) is 8.03. The molecule has 1 aliphatic carbocycles. The summed E-state index contributed by atoms with van der Waals surface area (Å²) in [6, 6.07) is 4.97. The van der Waals surface area contributed by atoms with E-state index in [0.717, 1.165) is 25.7 Å². The first-order valence-corrected chi connectivity index (χ1v) is 7.89. The number of hydrogen-bond acceptors (Lipinski definition) is 3. The van der Waals surface area contributed by atoms with Crippen molar-refractivity contribution in [3.8, 4) is 5.75 Å². The van der Waals surface area contributed by atoms with Gasteiger partial charge in [-0.2, -0.15) is 0 Å². The predicted molar refractivity (Wildman–Crippen MR) is 86.2 cm³/mol. The molecular weight excluding hydrogens is 304 g/mol. The minimum atomic E-state index is -0.301. The van der Waals surface area contributed by atoms with Crippen LogP contribution >= 0.6 is 11.6 Å². The summed E-state index contributed by atoms with van der Waals surface area (Å²) in [5.74, 6) is 0.233. The number of nitrogens with one attached hydrogen (secondary N) is 2. The van der Waals surface area contributed by atoms with Crippen LogP contribution in [0.2, 0.25) is 5.02 Å². The molecular formula is C16H21ClN2O3. The molecule has 0 bridgehead atoms. The predicted octanol–water partition coefficient (Wildman–Crippen LogP) is 2.98. The Morgan fingerprint density at radius 1 is 1.27 bits per heavy atom. The van der Waals surface area contributed by atoms with Crippen molar-refractivity contribution in [1.82, 2.24) is 5.32 Å². The largest absolute Gasteiger partial charge is 0.495 e. The first-order chi connectivity index (χ1) is 10.6. The molecule has 1 aromatic carbocycles. The number of halogens is 1. The minimum Gasteiger partial charge on any atom is -0.495 e. The molecule has 22 heavy (non-hydrogen) atoms. The second-order valence-electron chi connectivity index (χ2n) is 5.45. The molecule has 0 aliphatic heterocycles. The van der Waals surface area contributed by atoms with Crippen molar-refractivity contribution in [2.75, 3.05) is 19.0 Å². The van der Waals surface area contributed by atoms with E-state index in [1.807, 2.05) is 0 Å². The number of benzene rings is 1. The Morgan fingerprint density at radius 3 is 2.68 bits per heavy atom. The number of carbonyl (C=O) groups excluding carboxylic acids is 2. The quantitative estimate of drug-likeness (QED) is 0.875. The summed E-state index contributed by atoms with van der Waals surface area (Å²) >= 11 is 5.91. The van der Waals surface area contributed by atoms with Crippen molar-refractivity contribution in [2.24, 2.45) is 5.92 Å². The van der Waals surface area contributed by atoms with Crippen LogP contribution in [-0.4, -0.2) is 25.5 Å². The topological polar surface area (TPSA) is 67.4 Å². The molecule has 2 amide bonds. The van der Waals surface area contributed by atoms with Gasteiger partial charge in [0.05, 0.1) is 19.3 Å². The van der Waals surface area contributed by atoms with Crippen LogP contribution in [0.4, 0.5) is 5.69 Å². The number of methoxy groups -OCH3 is 1. The second-order valence-corrected chi connectivity index (χ2v) is 5.88. The summed E-state index contributed by atoms with van der Waals surface area (Å²) in [7, 11) is 1.52. The van der Waals surface area contributed by atoms with E-state index in [1.54, 1.807) is 18.2 Å². The monoisotopic (exact) mass is 324 g/mol. The Hall–Kier alpha value is -1.75. The minimum absolute atomic E-state index is 0.0343. The number of amides is 2. The van der Waals surface area contributed by atoms with Crippen molar-refractivity contribution in [3.63, 3.8) is 0 Å². The lowest BCUT2D eigenvalue weighted by atomic mass is 9.89. The molecule has 1 aromatic rings. The number of ether oxygens (including phenoxy) is 1. The van der Waals surface area contributed by atoms with Crippen molar-refractivity contribution in [1.29, 1.82) is 0 Å². The number of hydrogen-bond donors (Lipinski definition) is 2. The van der Waals surface area contributed by atoms with Crippen LogP contribution in [0, 0.1) is 5.92 Å². The molecule has 2 rings (SSSR count). The van der Waals surface area contributed by atoms with Gasteiger partial charge in [-0.25, -0.2) is 0 Å². The van der Waals surface area contributed by atoms with Crippen LogP contribution < -0.4 is 15.4 Å². The molecule has 0 unspecified atom stereocenters. The smallest absolute Gasteiger partial charge is 0.243 e. The summed E-state index contributed by atoms with van der Waals surface area (Å²) in [6.45, 7) is -0.0506. The van der Waals surface area contributed by atoms with E-state index in [9.17, 15) is 9.59 Å². The van der Waals surface area contributed by atoms with Crippen molar-refractivity contribution in [2.45, 2.75) is 32.1 Å². The fourth-order valence-electron chi connectivity index (χ4n) is 2.65. The van der Waals surface area contributed by atoms with Crippen LogP contribution in [0.25, 0.3) is 0 Å². The van der Waals surface area contributed by atoms with E-state index in [2.05, 4.69) is 10.6 Å². The van der Waals surface area contributed by atoms with Gasteiger partial charge in [0.15, 0.2) is 0 Å². The zero-order chi connectivity index (χ0) is 15.9. The molecule has 1 saturated carbocycles. The van der Waals surface area contributed by atoms with Gasteiger partial charge in [0.2, 0.25) is 11.8 Å². The number of carbonyl (C=O) groups is 2. The molecule has 0 heterocycles. The van der Waals surface area contributed by atoms with E-state index in [4.69, 9.17) is 16.3 Å². The van der Waals surface area contributed by atoms with Crippen LogP contribution in [0.5, 0.6) is 5.75 Å². The van der Waals surface area contributed by atoms with Gasteiger partial charge in [-0.05, 0) is 31.0 Å². The van der Waals surface area contributed by atoms with Crippen molar-refractivity contribution < 1.29 is 14.3 Å². The van der Waals surface area contributed by atoms with Crippen LogP contribution in [-0.2, 0) is 9.59 Å². The summed E-state index contributed by atoms with van der Waals surface area (Å²) in [5, 5.41) is 5.90. The third-order valence-corrected chi connectivity index (χ3v) is 4.07. The van der Waals surface area contributed by atoms with Crippen LogP contribution in [0.1, 0.15) is 32.1 Å². The van der Waals surface area contributed by atoms with E-state index >= 15 is 0 Å². The fraction of sp³-hybridized carbons (Fsp3) is 0.500. The van der Waals surface area contributed by atoms with Gasteiger partial charge in [-0.15, -0.1) is 0 Å². The Labute approximate surface area is 135 Å².